The molecule has 4 nitrogen and oxygen atoms in total. The number of benzene rings is 2. The van der Waals surface area contributed by atoms with Crippen molar-refractivity contribution in [1.82, 2.24) is 9.21 Å². The third-order valence-electron chi connectivity index (χ3n) is 5.54. The SMILES string of the molecule is O=S(=O)(Cc1cc(F)ccc1F)N1CCN(C2CC2)CC1Cc1ccccc1. The van der Waals surface area contributed by atoms with Crippen LogP contribution in [0.1, 0.15) is 24.0 Å². The molecule has 1 heterocycles. The molecule has 1 aliphatic heterocycles. The molecule has 150 valence electrons. The third kappa shape index (κ3) is 4.42. The summed E-state index contributed by atoms with van der Waals surface area (Å²) in [5.41, 5.74) is 0.949. The fourth-order valence-corrected chi connectivity index (χ4v) is 5.72. The predicted molar refractivity (Wildman–Crippen MR) is 104 cm³/mol. The predicted octanol–water partition coefficient (Wildman–Crippen LogP) is 3.19. The highest BCUT2D eigenvalue weighted by Crippen LogP contribution is 2.31. The van der Waals surface area contributed by atoms with Crippen molar-refractivity contribution in [3.8, 4) is 0 Å². The van der Waals surface area contributed by atoms with E-state index in [1.54, 1.807) is 0 Å². The molecule has 7 heteroatoms. The first-order valence-corrected chi connectivity index (χ1v) is 11.2. The first-order chi connectivity index (χ1) is 13.4. The smallest absolute Gasteiger partial charge is 0.218 e. The van der Waals surface area contributed by atoms with Gasteiger partial charge in [0, 0.05) is 37.3 Å². The standard InChI is InChI=1S/C21H24F2N2O2S/c22-18-6-9-21(23)17(13-18)15-28(26,27)25-11-10-24(19-7-8-19)14-20(25)12-16-4-2-1-3-5-16/h1-6,9,13,19-20H,7-8,10-12,14-15H2. The molecule has 0 aromatic heterocycles. The van der Waals surface area contributed by atoms with Gasteiger partial charge in [0.2, 0.25) is 10.0 Å². The van der Waals surface area contributed by atoms with Crippen LogP contribution in [0, 0.1) is 11.6 Å². The van der Waals surface area contributed by atoms with Crippen molar-refractivity contribution in [1.29, 1.82) is 0 Å². The maximum Gasteiger partial charge on any atom is 0.218 e. The summed E-state index contributed by atoms with van der Waals surface area (Å²) in [5, 5.41) is 0. The van der Waals surface area contributed by atoms with Crippen LogP contribution in [0.2, 0.25) is 0 Å². The molecule has 0 bridgehead atoms. The van der Waals surface area contributed by atoms with Gasteiger partial charge in [-0.3, -0.25) is 4.90 Å². The highest BCUT2D eigenvalue weighted by atomic mass is 32.2. The fraction of sp³-hybridized carbons (Fsp3) is 0.429. The summed E-state index contributed by atoms with van der Waals surface area (Å²) in [6, 6.07) is 13.1. The Labute approximate surface area is 164 Å². The molecule has 28 heavy (non-hydrogen) atoms. The minimum Gasteiger partial charge on any atom is -0.297 e. The van der Waals surface area contributed by atoms with Crippen molar-refractivity contribution in [2.45, 2.75) is 37.1 Å². The van der Waals surface area contributed by atoms with Gasteiger partial charge in [-0.15, -0.1) is 0 Å². The first-order valence-electron chi connectivity index (χ1n) is 9.64. The lowest BCUT2D eigenvalue weighted by atomic mass is 10.0. The molecule has 1 saturated heterocycles. The van der Waals surface area contributed by atoms with E-state index in [0.29, 0.717) is 32.1 Å². The molecular weight excluding hydrogens is 382 g/mol. The van der Waals surface area contributed by atoms with Gasteiger partial charge in [-0.1, -0.05) is 30.3 Å². The van der Waals surface area contributed by atoms with Crippen molar-refractivity contribution >= 4 is 10.0 Å². The summed E-state index contributed by atoms with van der Waals surface area (Å²) in [7, 11) is -3.77. The second kappa shape index (κ2) is 7.89. The summed E-state index contributed by atoms with van der Waals surface area (Å²) in [5.74, 6) is -1.85. The quantitative estimate of drug-likeness (QED) is 0.740. The normalized spacial score (nSPS) is 21.7. The van der Waals surface area contributed by atoms with Crippen LogP contribution >= 0.6 is 0 Å². The Morgan fingerprint density at radius 3 is 2.46 bits per heavy atom. The van der Waals surface area contributed by atoms with Gasteiger partial charge in [-0.05, 0) is 43.0 Å². The van der Waals surface area contributed by atoms with Gasteiger partial charge in [0.15, 0.2) is 0 Å². The molecule has 0 amide bonds. The maximum atomic E-state index is 14.0. The molecular formula is C21H24F2N2O2S. The van der Waals surface area contributed by atoms with E-state index in [1.807, 2.05) is 30.3 Å². The van der Waals surface area contributed by atoms with Crippen molar-refractivity contribution in [3.05, 3.63) is 71.3 Å². The molecule has 1 atom stereocenters. The number of piperazine rings is 1. The van der Waals surface area contributed by atoms with Crippen LogP contribution in [0.15, 0.2) is 48.5 Å². The summed E-state index contributed by atoms with van der Waals surface area (Å²) in [6.07, 6.45) is 2.94. The Kier molecular flexibility index (Phi) is 5.49. The molecule has 2 aromatic carbocycles. The molecule has 0 N–H and O–H groups in total. The average molecular weight is 406 g/mol. The molecule has 4 rings (SSSR count). The summed E-state index contributed by atoms with van der Waals surface area (Å²) in [4.78, 5) is 2.36. The highest BCUT2D eigenvalue weighted by molar-refractivity contribution is 7.88. The Hall–Kier alpha value is -1.83. The van der Waals surface area contributed by atoms with E-state index in [4.69, 9.17) is 0 Å². The molecule has 2 aliphatic rings. The van der Waals surface area contributed by atoms with Crippen LogP contribution in [0.25, 0.3) is 0 Å². The van der Waals surface area contributed by atoms with Crippen LogP contribution in [-0.2, 0) is 22.2 Å². The van der Waals surface area contributed by atoms with Crippen LogP contribution in [0.5, 0.6) is 0 Å². The van der Waals surface area contributed by atoms with Gasteiger partial charge in [-0.25, -0.2) is 17.2 Å². The molecule has 2 fully saturated rings. The Balaban J connectivity index is 1.57. The van der Waals surface area contributed by atoms with E-state index in [2.05, 4.69) is 4.90 Å². The van der Waals surface area contributed by atoms with E-state index in [1.165, 1.54) is 17.1 Å². The average Bonchev–Trinajstić information content (AvgIpc) is 3.50. The largest absolute Gasteiger partial charge is 0.297 e. The Bertz CT molecular complexity index is 933. The zero-order valence-corrected chi connectivity index (χ0v) is 16.4. The Morgan fingerprint density at radius 1 is 1.00 bits per heavy atom. The van der Waals surface area contributed by atoms with E-state index < -0.39 is 27.4 Å². The molecule has 1 unspecified atom stereocenters. The van der Waals surface area contributed by atoms with Gasteiger partial charge in [0.25, 0.3) is 0 Å². The van der Waals surface area contributed by atoms with E-state index in [0.717, 1.165) is 23.8 Å². The Morgan fingerprint density at radius 2 is 1.75 bits per heavy atom. The zero-order chi connectivity index (χ0) is 19.7. The minimum absolute atomic E-state index is 0.122. The van der Waals surface area contributed by atoms with Crippen LogP contribution < -0.4 is 0 Å². The molecule has 1 saturated carbocycles. The lowest BCUT2D eigenvalue weighted by Gasteiger charge is -2.41. The van der Waals surface area contributed by atoms with Crippen molar-refractivity contribution in [2.24, 2.45) is 0 Å². The van der Waals surface area contributed by atoms with Crippen molar-refractivity contribution in [2.75, 3.05) is 19.6 Å². The molecule has 2 aromatic rings. The van der Waals surface area contributed by atoms with Gasteiger partial charge >= 0.3 is 0 Å². The number of hydrogen-bond donors (Lipinski definition) is 0. The lowest BCUT2D eigenvalue weighted by Crippen LogP contribution is -2.56. The number of hydrogen-bond acceptors (Lipinski definition) is 3. The van der Waals surface area contributed by atoms with Gasteiger partial charge in [0.05, 0.1) is 5.75 Å². The summed E-state index contributed by atoms with van der Waals surface area (Å²) >= 11 is 0. The molecule has 0 radical (unpaired) electrons. The number of sulfonamides is 1. The zero-order valence-electron chi connectivity index (χ0n) is 15.6. The van der Waals surface area contributed by atoms with Gasteiger partial charge in [-0.2, -0.15) is 4.31 Å². The van der Waals surface area contributed by atoms with Gasteiger partial charge in [0.1, 0.15) is 11.6 Å². The molecule has 1 aliphatic carbocycles. The lowest BCUT2D eigenvalue weighted by molar-refractivity contribution is 0.128. The maximum absolute atomic E-state index is 14.0. The number of rotatable bonds is 6. The second-order valence-corrected chi connectivity index (χ2v) is 9.59. The fourth-order valence-electron chi connectivity index (χ4n) is 3.99. The summed E-state index contributed by atoms with van der Waals surface area (Å²) in [6.45, 7) is 1.73. The number of nitrogens with zero attached hydrogens (tertiary/aromatic N) is 2. The van der Waals surface area contributed by atoms with Crippen LogP contribution in [-0.4, -0.2) is 49.3 Å². The topological polar surface area (TPSA) is 40.6 Å². The number of halogens is 2. The molecule has 0 spiro atoms. The third-order valence-corrected chi connectivity index (χ3v) is 7.41. The highest BCUT2D eigenvalue weighted by Gasteiger charge is 2.40. The monoisotopic (exact) mass is 406 g/mol. The van der Waals surface area contributed by atoms with Crippen molar-refractivity contribution in [3.63, 3.8) is 0 Å². The first kappa shape index (κ1) is 19.5. The van der Waals surface area contributed by atoms with E-state index >= 15 is 0 Å². The van der Waals surface area contributed by atoms with Gasteiger partial charge < -0.3 is 0 Å². The van der Waals surface area contributed by atoms with Crippen LogP contribution in [0.4, 0.5) is 8.78 Å². The minimum atomic E-state index is -3.77. The summed E-state index contributed by atoms with van der Waals surface area (Å²) < 4.78 is 55.3. The second-order valence-electron chi connectivity index (χ2n) is 7.67. The van der Waals surface area contributed by atoms with Crippen LogP contribution in [0.3, 0.4) is 0 Å². The van der Waals surface area contributed by atoms with E-state index in [9.17, 15) is 17.2 Å². The van der Waals surface area contributed by atoms with E-state index in [-0.39, 0.29) is 11.6 Å². The van der Waals surface area contributed by atoms with Crippen molar-refractivity contribution < 1.29 is 17.2 Å².